The van der Waals surface area contributed by atoms with E-state index in [0.29, 0.717) is 18.1 Å². The molecule has 3 heteroatoms. The molecule has 0 aliphatic heterocycles. The Morgan fingerprint density at radius 2 is 1.95 bits per heavy atom. The number of rotatable bonds is 8. The van der Waals surface area contributed by atoms with Crippen LogP contribution in [0.25, 0.3) is 11.1 Å². The summed E-state index contributed by atoms with van der Waals surface area (Å²) in [4.78, 5) is 15.4. The van der Waals surface area contributed by atoms with Crippen LogP contribution >= 0.6 is 0 Å². The van der Waals surface area contributed by atoms with Crippen molar-refractivity contribution in [3.05, 3.63) is 48.3 Å². The molecule has 0 bridgehead atoms. The van der Waals surface area contributed by atoms with Crippen molar-refractivity contribution < 1.29 is 9.53 Å². The second-order valence-electron chi connectivity index (χ2n) is 5.66. The van der Waals surface area contributed by atoms with Crippen LogP contribution in [0.2, 0.25) is 0 Å². The fraction of sp³-hybridized carbons (Fsp3) is 0.421. The first-order valence-electron chi connectivity index (χ1n) is 8.15. The number of benzene rings is 1. The standard InChI is InChI=1S/C19H25NO2/c1-3-5-9-15(4-2)14-22-19(21)18-13-20-12-17(18)16-10-7-6-8-11-16/h6-8,10-13,15,20H,3-5,9,14H2,1-2H3. The van der Waals surface area contributed by atoms with Crippen LogP contribution in [0.5, 0.6) is 0 Å². The van der Waals surface area contributed by atoms with Gasteiger partial charge in [-0.2, -0.15) is 0 Å². The van der Waals surface area contributed by atoms with Crippen molar-refractivity contribution in [3.63, 3.8) is 0 Å². The zero-order valence-electron chi connectivity index (χ0n) is 13.5. The second kappa shape index (κ2) is 8.42. The molecule has 0 spiro atoms. The molecule has 22 heavy (non-hydrogen) atoms. The summed E-state index contributed by atoms with van der Waals surface area (Å²) in [6.07, 6.45) is 8.11. The van der Waals surface area contributed by atoms with Crippen molar-refractivity contribution in [2.75, 3.05) is 6.61 Å². The molecular weight excluding hydrogens is 274 g/mol. The molecule has 0 saturated heterocycles. The molecule has 1 atom stereocenters. The van der Waals surface area contributed by atoms with Crippen molar-refractivity contribution in [2.45, 2.75) is 39.5 Å². The Morgan fingerprint density at radius 3 is 2.64 bits per heavy atom. The van der Waals surface area contributed by atoms with E-state index in [0.717, 1.165) is 24.0 Å². The van der Waals surface area contributed by atoms with E-state index in [1.807, 2.05) is 36.5 Å². The molecule has 1 heterocycles. The highest BCUT2D eigenvalue weighted by molar-refractivity contribution is 5.97. The van der Waals surface area contributed by atoms with E-state index in [4.69, 9.17) is 4.74 Å². The molecular formula is C19H25NO2. The summed E-state index contributed by atoms with van der Waals surface area (Å²) < 4.78 is 5.54. The number of aromatic amines is 1. The van der Waals surface area contributed by atoms with Crippen molar-refractivity contribution in [2.24, 2.45) is 5.92 Å². The van der Waals surface area contributed by atoms with E-state index < -0.39 is 0 Å². The lowest BCUT2D eigenvalue weighted by atomic mass is 10.0. The molecule has 1 aromatic carbocycles. The number of H-pyrrole nitrogens is 1. The minimum Gasteiger partial charge on any atom is -0.462 e. The molecule has 1 unspecified atom stereocenters. The van der Waals surface area contributed by atoms with Gasteiger partial charge in [-0.1, -0.05) is 63.4 Å². The monoisotopic (exact) mass is 299 g/mol. The van der Waals surface area contributed by atoms with Gasteiger partial charge >= 0.3 is 5.97 Å². The van der Waals surface area contributed by atoms with Crippen molar-refractivity contribution >= 4 is 5.97 Å². The number of aromatic nitrogens is 1. The van der Waals surface area contributed by atoms with Crippen LogP contribution in [-0.4, -0.2) is 17.6 Å². The summed E-state index contributed by atoms with van der Waals surface area (Å²) in [7, 11) is 0. The van der Waals surface area contributed by atoms with Crippen molar-refractivity contribution in [1.82, 2.24) is 4.98 Å². The van der Waals surface area contributed by atoms with Gasteiger partial charge in [-0.05, 0) is 17.9 Å². The second-order valence-corrected chi connectivity index (χ2v) is 5.66. The maximum absolute atomic E-state index is 12.4. The summed E-state index contributed by atoms with van der Waals surface area (Å²) in [6.45, 7) is 4.85. The van der Waals surface area contributed by atoms with Crippen LogP contribution in [0.1, 0.15) is 49.9 Å². The molecule has 0 fully saturated rings. The molecule has 0 aliphatic rings. The maximum atomic E-state index is 12.4. The van der Waals surface area contributed by atoms with Crippen LogP contribution in [0.4, 0.5) is 0 Å². The minimum absolute atomic E-state index is 0.241. The molecule has 3 nitrogen and oxygen atoms in total. The third-order valence-corrected chi connectivity index (χ3v) is 4.04. The van der Waals surface area contributed by atoms with Gasteiger partial charge in [0, 0.05) is 18.0 Å². The molecule has 1 aromatic heterocycles. The molecule has 0 amide bonds. The van der Waals surface area contributed by atoms with Gasteiger partial charge in [0.05, 0.1) is 12.2 Å². The Hall–Kier alpha value is -2.03. The van der Waals surface area contributed by atoms with Crippen LogP contribution < -0.4 is 0 Å². The Labute approximate surface area is 132 Å². The fourth-order valence-corrected chi connectivity index (χ4v) is 2.56. The highest BCUT2D eigenvalue weighted by Gasteiger charge is 2.17. The lowest BCUT2D eigenvalue weighted by molar-refractivity contribution is 0.0429. The highest BCUT2D eigenvalue weighted by atomic mass is 16.5. The zero-order valence-corrected chi connectivity index (χ0v) is 13.5. The molecule has 0 saturated carbocycles. The summed E-state index contributed by atoms with van der Waals surface area (Å²) in [5.41, 5.74) is 2.53. The van der Waals surface area contributed by atoms with Gasteiger partial charge in [0.1, 0.15) is 0 Å². The van der Waals surface area contributed by atoms with E-state index in [9.17, 15) is 4.79 Å². The van der Waals surface area contributed by atoms with Gasteiger partial charge < -0.3 is 9.72 Å². The van der Waals surface area contributed by atoms with Crippen molar-refractivity contribution in [1.29, 1.82) is 0 Å². The summed E-state index contributed by atoms with van der Waals surface area (Å²) in [5, 5.41) is 0. The maximum Gasteiger partial charge on any atom is 0.340 e. The number of carbonyl (C=O) groups excluding carboxylic acids is 1. The van der Waals surface area contributed by atoms with Crippen molar-refractivity contribution in [3.8, 4) is 11.1 Å². The topological polar surface area (TPSA) is 42.1 Å². The van der Waals surface area contributed by atoms with E-state index in [-0.39, 0.29) is 5.97 Å². The Balaban J connectivity index is 2.00. The Kier molecular flexibility index (Phi) is 6.26. The predicted octanol–water partition coefficient (Wildman–Crippen LogP) is 5.05. The van der Waals surface area contributed by atoms with Gasteiger partial charge in [-0.15, -0.1) is 0 Å². The van der Waals surface area contributed by atoms with Crippen LogP contribution in [0.3, 0.4) is 0 Å². The SMILES string of the molecule is CCCCC(CC)COC(=O)c1c[nH]cc1-c1ccccc1. The van der Waals surface area contributed by atoms with Crippen LogP contribution in [0.15, 0.2) is 42.7 Å². The van der Waals surface area contributed by atoms with Crippen LogP contribution in [0, 0.1) is 5.92 Å². The molecule has 2 aromatic rings. The predicted molar refractivity (Wildman–Crippen MR) is 89.8 cm³/mol. The van der Waals surface area contributed by atoms with Gasteiger partial charge in [0.25, 0.3) is 0 Å². The minimum atomic E-state index is -0.241. The third kappa shape index (κ3) is 4.23. The van der Waals surface area contributed by atoms with E-state index in [1.165, 1.54) is 12.8 Å². The van der Waals surface area contributed by atoms with E-state index in [1.54, 1.807) is 6.20 Å². The zero-order chi connectivity index (χ0) is 15.8. The van der Waals surface area contributed by atoms with Gasteiger partial charge in [0.2, 0.25) is 0 Å². The number of nitrogens with one attached hydrogen (secondary N) is 1. The summed E-state index contributed by atoms with van der Waals surface area (Å²) >= 11 is 0. The normalized spacial score (nSPS) is 12.1. The third-order valence-electron chi connectivity index (χ3n) is 4.04. The van der Waals surface area contributed by atoms with Crippen LogP contribution in [-0.2, 0) is 4.74 Å². The summed E-state index contributed by atoms with van der Waals surface area (Å²) in [6, 6.07) is 9.89. The first kappa shape index (κ1) is 16.3. The average Bonchev–Trinajstić information content (AvgIpc) is 3.05. The first-order valence-corrected chi connectivity index (χ1v) is 8.15. The fourth-order valence-electron chi connectivity index (χ4n) is 2.56. The lowest BCUT2D eigenvalue weighted by Crippen LogP contribution is -2.14. The quantitative estimate of drug-likeness (QED) is 0.693. The Morgan fingerprint density at radius 1 is 1.18 bits per heavy atom. The number of esters is 1. The number of ether oxygens (including phenoxy) is 1. The number of unbranched alkanes of at least 4 members (excludes halogenated alkanes) is 1. The molecule has 1 N–H and O–H groups in total. The molecule has 0 radical (unpaired) electrons. The molecule has 0 aliphatic carbocycles. The Bertz CT molecular complexity index is 574. The number of hydrogen-bond acceptors (Lipinski definition) is 2. The first-order chi connectivity index (χ1) is 10.8. The van der Waals surface area contributed by atoms with E-state index in [2.05, 4.69) is 18.8 Å². The van der Waals surface area contributed by atoms with Gasteiger partial charge in [0.15, 0.2) is 0 Å². The van der Waals surface area contributed by atoms with Gasteiger partial charge in [-0.3, -0.25) is 0 Å². The van der Waals surface area contributed by atoms with Gasteiger partial charge in [-0.25, -0.2) is 4.79 Å². The average molecular weight is 299 g/mol. The summed E-state index contributed by atoms with van der Waals surface area (Å²) in [5.74, 6) is 0.220. The number of hydrogen-bond donors (Lipinski definition) is 1. The highest BCUT2D eigenvalue weighted by Crippen LogP contribution is 2.24. The number of carbonyl (C=O) groups is 1. The largest absolute Gasteiger partial charge is 0.462 e. The van der Waals surface area contributed by atoms with E-state index >= 15 is 0 Å². The lowest BCUT2D eigenvalue weighted by Gasteiger charge is -2.14. The molecule has 118 valence electrons. The smallest absolute Gasteiger partial charge is 0.340 e. The molecule has 2 rings (SSSR count).